The SMILES string of the molecule is CC(CCc1ccc(F)c(Oc2ccc(Br)cc2)c1)(COCC(C)(CCc1ccc(F)c(Oc2ccc(Br)cc2)c1)c1ccc(Cl)cc1)c1ccc(Cl)cc1. The fourth-order valence-electron chi connectivity index (χ4n) is 6.47. The first-order valence-electron chi connectivity index (χ1n) is 17.9. The third-order valence-electron chi connectivity index (χ3n) is 9.93. The Balaban J connectivity index is 1.19. The Bertz CT molecular complexity index is 2030. The predicted octanol–water partition coefficient (Wildman–Crippen LogP) is 14.9. The van der Waals surface area contributed by atoms with Crippen LogP contribution >= 0.6 is 55.1 Å². The Morgan fingerprint density at radius 2 is 0.873 bits per heavy atom. The first-order valence-corrected chi connectivity index (χ1v) is 20.3. The number of halogens is 6. The van der Waals surface area contributed by atoms with Crippen LogP contribution in [0.4, 0.5) is 8.78 Å². The van der Waals surface area contributed by atoms with Crippen LogP contribution in [-0.2, 0) is 28.4 Å². The lowest BCUT2D eigenvalue weighted by Gasteiger charge is -2.35. The summed E-state index contributed by atoms with van der Waals surface area (Å²) in [5, 5.41) is 1.31. The highest BCUT2D eigenvalue weighted by molar-refractivity contribution is 9.10. The average Bonchev–Trinajstić information content (AvgIpc) is 3.17. The first kappa shape index (κ1) is 40.9. The number of rotatable bonds is 16. The van der Waals surface area contributed by atoms with Gasteiger partial charge in [0.05, 0.1) is 13.2 Å². The van der Waals surface area contributed by atoms with Gasteiger partial charge in [-0.1, -0.05) is 105 Å². The summed E-state index contributed by atoms with van der Waals surface area (Å²) >= 11 is 19.5. The highest BCUT2D eigenvalue weighted by Crippen LogP contribution is 2.36. The van der Waals surface area contributed by atoms with Crippen molar-refractivity contribution >= 4 is 55.1 Å². The lowest BCUT2D eigenvalue weighted by Crippen LogP contribution is -2.34. The van der Waals surface area contributed by atoms with Crippen LogP contribution < -0.4 is 9.47 Å². The average molecular weight is 910 g/mol. The molecule has 0 saturated carbocycles. The lowest BCUT2D eigenvalue weighted by molar-refractivity contribution is 0.0485. The molecule has 0 aliphatic heterocycles. The van der Waals surface area contributed by atoms with Crippen LogP contribution in [0, 0.1) is 11.6 Å². The summed E-state index contributed by atoms with van der Waals surface area (Å²) in [7, 11) is 0. The maximum Gasteiger partial charge on any atom is 0.165 e. The van der Waals surface area contributed by atoms with Gasteiger partial charge < -0.3 is 14.2 Å². The van der Waals surface area contributed by atoms with Crippen LogP contribution in [-0.4, -0.2) is 13.2 Å². The third kappa shape index (κ3) is 11.2. The Labute approximate surface area is 348 Å². The molecule has 9 heteroatoms. The molecule has 6 aromatic carbocycles. The molecule has 6 aromatic rings. The fraction of sp³-hybridized carbons (Fsp3) is 0.217. The highest BCUT2D eigenvalue weighted by atomic mass is 79.9. The van der Waals surface area contributed by atoms with Crippen molar-refractivity contribution in [2.24, 2.45) is 0 Å². The van der Waals surface area contributed by atoms with Crippen molar-refractivity contribution < 1.29 is 23.0 Å². The molecule has 0 aliphatic carbocycles. The number of hydrogen-bond donors (Lipinski definition) is 0. The van der Waals surface area contributed by atoms with Crippen molar-refractivity contribution in [1.82, 2.24) is 0 Å². The summed E-state index contributed by atoms with van der Waals surface area (Å²) in [4.78, 5) is 0. The van der Waals surface area contributed by atoms with E-state index in [1.165, 1.54) is 12.1 Å². The highest BCUT2D eigenvalue weighted by Gasteiger charge is 2.32. The molecule has 2 atom stereocenters. The summed E-state index contributed by atoms with van der Waals surface area (Å²) in [6.45, 7) is 5.21. The summed E-state index contributed by atoms with van der Waals surface area (Å²) in [5.74, 6) is 0.608. The maximum atomic E-state index is 14.9. The molecule has 0 amide bonds. The molecule has 0 fully saturated rings. The molecule has 0 bridgehead atoms. The van der Waals surface area contributed by atoms with Crippen molar-refractivity contribution in [3.63, 3.8) is 0 Å². The molecule has 0 heterocycles. The van der Waals surface area contributed by atoms with E-state index in [-0.39, 0.29) is 11.5 Å². The van der Waals surface area contributed by atoms with Gasteiger partial charge in [-0.15, -0.1) is 0 Å². The molecule has 0 radical (unpaired) electrons. The number of aryl methyl sites for hydroxylation is 2. The van der Waals surface area contributed by atoms with E-state index in [0.29, 0.717) is 60.4 Å². The van der Waals surface area contributed by atoms with Crippen molar-refractivity contribution in [2.45, 2.75) is 50.4 Å². The second-order valence-corrected chi connectivity index (χ2v) is 17.0. The molecule has 284 valence electrons. The summed E-state index contributed by atoms with van der Waals surface area (Å²) in [6.07, 6.45) is 2.74. The van der Waals surface area contributed by atoms with E-state index in [0.717, 1.165) is 31.2 Å². The summed E-state index contributed by atoms with van der Waals surface area (Å²) in [6, 6.07) is 40.4. The van der Waals surface area contributed by atoms with Gasteiger partial charge >= 0.3 is 0 Å². The zero-order valence-electron chi connectivity index (χ0n) is 30.4. The van der Waals surface area contributed by atoms with Gasteiger partial charge in [-0.3, -0.25) is 0 Å². The van der Waals surface area contributed by atoms with E-state index in [1.807, 2.05) is 72.8 Å². The van der Waals surface area contributed by atoms with Crippen molar-refractivity contribution in [1.29, 1.82) is 0 Å². The Morgan fingerprint density at radius 3 is 1.24 bits per heavy atom. The van der Waals surface area contributed by atoms with Crippen LogP contribution in [0.15, 0.2) is 142 Å². The minimum absolute atomic E-state index is 0.177. The van der Waals surface area contributed by atoms with E-state index < -0.39 is 22.5 Å². The molecule has 3 nitrogen and oxygen atoms in total. The Kier molecular flexibility index (Phi) is 13.8. The molecule has 55 heavy (non-hydrogen) atoms. The number of benzene rings is 6. The van der Waals surface area contributed by atoms with Gasteiger partial charge in [0.25, 0.3) is 0 Å². The number of ether oxygens (including phenoxy) is 3. The van der Waals surface area contributed by atoms with Crippen molar-refractivity contribution in [2.75, 3.05) is 13.2 Å². The van der Waals surface area contributed by atoms with Gasteiger partial charge in [0, 0.05) is 29.8 Å². The Hall–Kier alpha value is -3.72. The van der Waals surface area contributed by atoms with Gasteiger partial charge in [0.2, 0.25) is 0 Å². The molecule has 0 aromatic heterocycles. The molecular weight excluding hydrogens is 869 g/mol. The second-order valence-electron chi connectivity index (χ2n) is 14.3. The minimum Gasteiger partial charge on any atom is -0.454 e. The first-order chi connectivity index (χ1) is 26.4. The standard InChI is InChI=1S/C46H40Br2Cl2F2O3/c1-45(33-5-13-37(49)14-6-33,25-23-31-3-21-41(51)43(27-31)54-39-17-9-35(47)10-18-39)29-53-30-46(2,34-7-15-38(50)16-8-34)26-24-32-4-22-42(52)44(28-32)55-40-19-11-36(48)12-20-40/h3-22,27-28H,23-26,29-30H2,1-2H3. The largest absolute Gasteiger partial charge is 0.454 e. The van der Waals surface area contributed by atoms with E-state index in [2.05, 4.69) is 45.7 Å². The summed E-state index contributed by atoms with van der Waals surface area (Å²) < 4.78 is 50.1. The van der Waals surface area contributed by atoms with Gasteiger partial charge in [0.1, 0.15) is 11.5 Å². The van der Waals surface area contributed by atoms with Crippen LogP contribution in [0.1, 0.15) is 48.9 Å². The molecule has 0 spiro atoms. The predicted molar refractivity (Wildman–Crippen MR) is 226 cm³/mol. The third-order valence-corrected chi connectivity index (χ3v) is 11.5. The van der Waals surface area contributed by atoms with Crippen LogP contribution in [0.5, 0.6) is 23.0 Å². The Morgan fingerprint density at radius 1 is 0.509 bits per heavy atom. The van der Waals surface area contributed by atoms with E-state index in [4.69, 9.17) is 37.4 Å². The van der Waals surface area contributed by atoms with Gasteiger partial charge in [-0.2, -0.15) is 0 Å². The van der Waals surface area contributed by atoms with Gasteiger partial charge in [0.15, 0.2) is 23.1 Å². The molecule has 6 rings (SSSR count). The van der Waals surface area contributed by atoms with Crippen molar-refractivity contribution in [3.05, 3.63) is 186 Å². The normalized spacial score (nSPS) is 13.5. The molecule has 0 N–H and O–H groups in total. The quantitative estimate of drug-likeness (QED) is 0.0968. The number of hydrogen-bond acceptors (Lipinski definition) is 3. The smallest absolute Gasteiger partial charge is 0.165 e. The molecule has 2 unspecified atom stereocenters. The van der Waals surface area contributed by atoms with Crippen LogP contribution in [0.25, 0.3) is 0 Å². The minimum atomic E-state index is -0.425. The van der Waals surface area contributed by atoms with Crippen LogP contribution in [0.3, 0.4) is 0 Å². The second kappa shape index (κ2) is 18.5. The van der Waals surface area contributed by atoms with Gasteiger partial charge in [-0.05, 0) is 145 Å². The zero-order chi connectivity index (χ0) is 39.0. The zero-order valence-corrected chi connectivity index (χ0v) is 35.1. The maximum absolute atomic E-state index is 14.9. The van der Waals surface area contributed by atoms with Crippen LogP contribution in [0.2, 0.25) is 10.0 Å². The monoisotopic (exact) mass is 906 g/mol. The summed E-state index contributed by atoms with van der Waals surface area (Å²) in [5.41, 5.74) is 3.24. The molecule has 0 aliphatic rings. The molecular formula is C46H40Br2Cl2F2O3. The van der Waals surface area contributed by atoms with Gasteiger partial charge in [-0.25, -0.2) is 8.78 Å². The van der Waals surface area contributed by atoms with E-state index in [1.54, 1.807) is 48.5 Å². The topological polar surface area (TPSA) is 27.7 Å². The fourth-order valence-corrected chi connectivity index (χ4v) is 7.25. The molecule has 0 saturated heterocycles. The van der Waals surface area contributed by atoms with Crippen molar-refractivity contribution in [3.8, 4) is 23.0 Å². The lowest BCUT2D eigenvalue weighted by atomic mass is 9.77. The van der Waals surface area contributed by atoms with E-state index in [9.17, 15) is 8.78 Å². The van der Waals surface area contributed by atoms with E-state index >= 15 is 0 Å².